The molecule has 7 heteroatoms. The van der Waals surface area contributed by atoms with Gasteiger partial charge in [0.15, 0.2) is 5.78 Å². The van der Waals surface area contributed by atoms with Crippen molar-refractivity contribution in [3.63, 3.8) is 0 Å². The molecule has 28 heavy (non-hydrogen) atoms. The van der Waals surface area contributed by atoms with Crippen molar-refractivity contribution in [2.75, 3.05) is 0 Å². The lowest BCUT2D eigenvalue weighted by Crippen LogP contribution is -2.18. The molecule has 0 aliphatic heterocycles. The van der Waals surface area contributed by atoms with Gasteiger partial charge in [0.1, 0.15) is 0 Å². The van der Waals surface area contributed by atoms with Crippen LogP contribution in [0.4, 0.5) is 11.4 Å². The van der Waals surface area contributed by atoms with Crippen molar-refractivity contribution in [3.05, 3.63) is 91.7 Å². The predicted octanol–water partition coefficient (Wildman–Crippen LogP) is 7.04. The van der Waals surface area contributed by atoms with Crippen LogP contribution in [-0.4, -0.2) is 5.78 Å². The van der Waals surface area contributed by atoms with Gasteiger partial charge in [-0.15, -0.1) is 0 Å². The standard InChI is InChI=1S/C21H18N6O/c1-14-10-17(12-15-2-6-19(7-3-15)24-26-22)21(28)18(11-14)13-16-4-8-20(9-5-16)25-27-23/h2-9,12-14H,10-11H2,1H3/b17-12-,18-13+. The predicted molar refractivity (Wildman–Crippen MR) is 110 cm³/mol. The smallest absolute Gasteiger partial charge is 0.185 e. The zero-order valence-electron chi connectivity index (χ0n) is 15.4. The molecular formula is C21H18N6O. The van der Waals surface area contributed by atoms with E-state index in [0.29, 0.717) is 17.3 Å². The minimum atomic E-state index is 0.0522. The zero-order chi connectivity index (χ0) is 19.9. The Labute approximate surface area is 162 Å². The molecule has 1 aliphatic rings. The summed E-state index contributed by atoms with van der Waals surface area (Å²) in [5.41, 5.74) is 21.4. The van der Waals surface area contributed by atoms with Crippen LogP contribution in [0.5, 0.6) is 0 Å². The first-order valence-corrected chi connectivity index (χ1v) is 8.85. The Morgan fingerprint density at radius 3 is 1.57 bits per heavy atom. The maximum atomic E-state index is 12.9. The summed E-state index contributed by atoms with van der Waals surface area (Å²) in [7, 11) is 0. The highest BCUT2D eigenvalue weighted by Crippen LogP contribution is 2.32. The number of benzene rings is 2. The lowest BCUT2D eigenvalue weighted by atomic mass is 9.81. The maximum absolute atomic E-state index is 12.9. The molecule has 1 fully saturated rings. The molecule has 1 saturated carbocycles. The number of rotatable bonds is 4. The molecule has 0 aromatic heterocycles. The first-order valence-electron chi connectivity index (χ1n) is 8.85. The van der Waals surface area contributed by atoms with Crippen LogP contribution in [-0.2, 0) is 4.79 Å². The average Bonchev–Trinajstić information content (AvgIpc) is 2.69. The van der Waals surface area contributed by atoms with Gasteiger partial charge in [0.05, 0.1) is 0 Å². The molecule has 2 aromatic rings. The Hall–Kier alpha value is -3.79. The van der Waals surface area contributed by atoms with Gasteiger partial charge in [0, 0.05) is 32.3 Å². The first-order chi connectivity index (χ1) is 13.6. The third kappa shape index (κ3) is 4.68. The van der Waals surface area contributed by atoms with Gasteiger partial charge in [0.25, 0.3) is 0 Å². The molecule has 0 spiro atoms. The summed E-state index contributed by atoms with van der Waals surface area (Å²) in [6.07, 6.45) is 5.25. The van der Waals surface area contributed by atoms with Gasteiger partial charge in [-0.3, -0.25) is 4.79 Å². The van der Waals surface area contributed by atoms with Crippen molar-refractivity contribution in [1.82, 2.24) is 0 Å². The van der Waals surface area contributed by atoms with E-state index in [1.165, 1.54) is 0 Å². The van der Waals surface area contributed by atoms with Gasteiger partial charge in [-0.05, 0) is 53.1 Å². The number of hydrogen-bond donors (Lipinski definition) is 0. The Kier molecular flexibility index (Phi) is 5.92. The van der Waals surface area contributed by atoms with Crippen LogP contribution in [0.3, 0.4) is 0 Å². The molecule has 1 unspecified atom stereocenters. The Balaban J connectivity index is 1.87. The van der Waals surface area contributed by atoms with E-state index >= 15 is 0 Å². The van der Waals surface area contributed by atoms with Crippen molar-refractivity contribution in [2.24, 2.45) is 16.1 Å². The lowest BCUT2D eigenvalue weighted by molar-refractivity contribution is -0.113. The summed E-state index contributed by atoms with van der Waals surface area (Å²) < 4.78 is 0. The number of Topliss-reactive ketones (excluding diaryl/α,β-unsaturated/α-hetero) is 1. The number of carbonyl (C=O) groups is 1. The van der Waals surface area contributed by atoms with E-state index in [9.17, 15) is 4.79 Å². The van der Waals surface area contributed by atoms with Crippen molar-refractivity contribution in [3.8, 4) is 0 Å². The molecular weight excluding hydrogens is 352 g/mol. The average molecular weight is 370 g/mol. The van der Waals surface area contributed by atoms with Gasteiger partial charge in [-0.2, -0.15) is 0 Å². The Bertz CT molecular complexity index is 954. The topological polar surface area (TPSA) is 115 Å². The molecule has 0 saturated heterocycles. The number of allylic oxidation sites excluding steroid dienone is 2. The van der Waals surface area contributed by atoms with E-state index in [1.54, 1.807) is 24.3 Å². The number of hydrogen-bond acceptors (Lipinski definition) is 3. The van der Waals surface area contributed by atoms with E-state index in [2.05, 4.69) is 27.0 Å². The Morgan fingerprint density at radius 1 is 0.821 bits per heavy atom. The third-order valence-electron chi connectivity index (χ3n) is 4.51. The largest absolute Gasteiger partial charge is 0.289 e. The highest BCUT2D eigenvalue weighted by atomic mass is 16.1. The highest BCUT2D eigenvalue weighted by molar-refractivity contribution is 6.14. The fraction of sp³-hybridized carbons (Fsp3) is 0.190. The summed E-state index contributed by atoms with van der Waals surface area (Å²) >= 11 is 0. The fourth-order valence-corrected chi connectivity index (χ4v) is 3.24. The van der Waals surface area contributed by atoms with E-state index < -0.39 is 0 Å². The molecule has 1 atom stereocenters. The SMILES string of the molecule is CC1C/C(=C/c2ccc(N=[N+]=[N-])cc2)C(=O)/C(=C/c2ccc(N=[N+]=[N-])cc2)C1. The molecule has 3 rings (SSSR count). The molecule has 2 aromatic carbocycles. The quantitative estimate of drug-likeness (QED) is 0.244. The van der Waals surface area contributed by atoms with E-state index in [-0.39, 0.29) is 5.78 Å². The summed E-state index contributed by atoms with van der Waals surface area (Å²) in [5.74, 6) is 0.413. The number of azide groups is 2. The third-order valence-corrected chi connectivity index (χ3v) is 4.51. The van der Waals surface area contributed by atoms with Gasteiger partial charge < -0.3 is 0 Å². The molecule has 0 amide bonds. The van der Waals surface area contributed by atoms with Crippen LogP contribution in [0.25, 0.3) is 33.0 Å². The van der Waals surface area contributed by atoms with Crippen molar-refractivity contribution >= 4 is 29.3 Å². The maximum Gasteiger partial charge on any atom is 0.185 e. The summed E-state index contributed by atoms with van der Waals surface area (Å²) in [5, 5.41) is 7.11. The van der Waals surface area contributed by atoms with Crippen LogP contribution >= 0.6 is 0 Å². The fourth-order valence-electron chi connectivity index (χ4n) is 3.24. The molecule has 0 N–H and O–H groups in total. The molecule has 7 nitrogen and oxygen atoms in total. The van der Waals surface area contributed by atoms with Gasteiger partial charge >= 0.3 is 0 Å². The van der Waals surface area contributed by atoms with Crippen LogP contribution in [0.1, 0.15) is 30.9 Å². The monoisotopic (exact) mass is 370 g/mol. The summed E-state index contributed by atoms with van der Waals surface area (Å²) in [6, 6.07) is 14.2. The van der Waals surface area contributed by atoms with E-state index in [1.807, 2.05) is 36.4 Å². The summed E-state index contributed by atoms with van der Waals surface area (Å²) in [6.45, 7) is 2.13. The van der Waals surface area contributed by atoms with Crippen molar-refractivity contribution in [1.29, 1.82) is 0 Å². The minimum Gasteiger partial charge on any atom is -0.289 e. The molecule has 1 aliphatic carbocycles. The minimum absolute atomic E-state index is 0.0522. The first kappa shape index (κ1) is 19.0. The zero-order valence-corrected chi connectivity index (χ0v) is 15.4. The van der Waals surface area contributed by atoms with Crippen LogP contribution in [0.2, 0.25) is 0 Å². The second kappa shape index (κ2) is 8.73. The van der Waals surface area contributed by atoms with Crippen molar-refractivity contribution < 1.29 is 4.79 Å². The molecule has 0 heterocycles. The number of ketones is 1. The van der Waals surface area contributed by atoms with Crippen LogP contribution in [0, 0.1) is 5.92 Å². The van der Waals surface area contributed by atoms with Crippen molar-refractivity contribution in [2.45, 2.75) is 19.8 Å². The second-order valence-electron chi connectivity index (χ2n) is 6.74. The van der Waals surface area contributed by atoms with E-state index in [4.69, 9.17) is 11.1 Å². The van der Waals surface area contributed by atoms with Crippen LogP contribution < -0.4 is 0 Å². The molecule has 0 radical (unpaired) electrons. The second-order valence-corrected chi connectivity index (χ2v) is 6.74. The van der Waals surface area contributed by atoms with Gasteiger partial charge in [-0.25, -0.2) is 0 Å². The molecule has 0 bridgehead atoms. The Morgan fingerprint density at radius 2 is 1.21 bits per heavy atom. The lowest BCUT2D eigenvalue weighted by Gasteiger charge is -2.22. The number of nitrogens with zero attached hydrogens (tertiary/aromatic N) is 6. The van der Waals surface area contributed by atoms with Crippen LogP contribution in [0.15, 0.2) is 69.9 Å². The molecule has 138 valence electrons. The van der Waals surface area contributed by atoms with Gasteiger partial charge in [-0.1, -0.05) is 65.7 Å². The summed E-state index contributed by atoms with van der Waals surface area (Å²) in [4.78, 5) is 18.5. The number of carbonyl (C=O) groups excluding carboxylic acids is 1. The van der Waals surface area contributed by atoms with E-state index in [0.717, 1.165) is 35.1 Å². The highest BCUT2D eigenvalue weighted by Gasteiger charge is 2.25. The van der Waals surface area contributed by atoms with Gasteiger partial charge in [0.2, 0.25) is 0 Å². The normalized spacial score (nSPS) is 19.2.